The molecule has 0 amide bonds. The average Bonchev–Trinajstić information content (AvgIpc) is 2.90. The summed E-state index contributed by atoms with van der Waals surface area (Å²) in [6.45, 7) is 6.87. The van der Waals surface area contributed by atoms with Crippen molar-refractivity contribution in [1.29, 1.82) is 0 Å². The summed E-state index contributed by atoms with van der Waals surface area (Å²) in [7, 11) is 2.27. The van der Waals surface area contributed by atoms with Crippen LogP contribution >= 0.6 is 0 Å². The maximum absolute atomic E-state index is 4.24. The highest BCUT2D eigenvalue weighted by Gasteiger charge is 2.39. The highest BCUT2D eigenvalue weighted by molar-refractivity contribution is 5.87. The standard InChI is InChI=1S/C22H25N3/c1-14-4-5-20-18(10-14)19-13-24(3)12-17-11-15(2)21(25(20)22(17)19)16-6-8-23-9-7-16/h4-10,15,17,21H,11-13H2,1-3H3. The maximum Gasteiger partial charge on any atom is 0.0615 e. The van der Waals surface area contributed by atoms with Gasteiger partial charge < -0.3 is 9.47 Å². The van der Waals surface area contributed by atoms with Gasteiger partial charge in [-0.05, 0) is 61.7 Å². The lowest BCUT2D eigenvalue weighted by Gasteiger charge is -2.42. The Kier molecular flexibility index (Phi) is 3.29. The van der Waals surface area contributed by atoms with Crippen molar-refractivity contribution in [3.05, 3.63) is 65.1 Å². The Morgan fingerprint density at radius 3 is 2.72 bits per heavy atom. The van der Waals surface area contributed by atoms with Crippen LogP contribution in [0.3, 0.4) is 0 Å². The molecule has 3 aromatic rings. The molecule has 4 heterocycles. The number of nitrogens with zero attached hydrogens (tertiary/aromatic N) is 3. The molecule has 0 radical (unpaired) electrons. The molecule has 0 saturated carbocycles. The average molecular weight is 331 g/mol. The highest BCUT2D eigenvalue weighted by Crippen LogP contribution is 2.48. The monoisotopic (exact) mass is 331 g/mol. The minimum absolute atomic E-state index is 0.414. The second-order valence-electron chi connectivity index (χ2n) is 8.09. The zero-order valence-corrected chi connectivity index (χ0v) is 15.2. The van der Waals surface area contributed by atoms with E-state index < -0.39 is 0 Å². The number of rotatable bonds is 1. The summed E-state index contributed by atoms with van der Waals surface area (Å²) < 4.78 is 2.67. The van der Waals surface area contributed by atoms with Crippen molar-refractivity contribution in [2.24, 2.45) is 5.92 Å². The third kappa shape index (κ3) is 2.18. The topological polar surface area (TPSA) is 21.1 Å². The van der Waals surface area contributed by atoms with E-state index in [1.165, 1.54) is 35.0 Å². The number of aryl methyl sites for hydroxylation is 1. The lowest BCUT2D eigenvalue weighted by molar-refractivity contribution is 0.215. The quantitative estimate of drug-likeness (QED) is 0.654. The van der Waals surface area contributed by atoms with Gasteiger partial charge in [0.15, 0.2) is 0 Å². The van der Waals surface area contributed by atoms with Gasteiger partial charge in [0.2, 0.25) is 0 Å². The normalized spacial score (nSPS) is 26.0. The smallest absolute Gasteiger partial charge is 0.0615 e. The molecular weight excluding hydrogens is 306 g/mol. The summed E-state index contributed by atoms with van der Waals surface area (Å²) in [4.78, 5) is 6.74. The van der Waals surface area contributed by atoms with Crippen LogP contribution < -0.4 is 0 Å². The maximum atomic E-state index is 4.24. The molecule has 0 N–H and O–H groups in total. The van der Waals surface area contributed by atoms with Crippen molar-refractivity contribution in [3.8, 4) is 0 Å². The zero-order valence-electron chi connectivity index (χ0n) is 15.2. The van der Waals surface area contributed by atoms with Gasteiger partial charge in [-0.25, -0.2) is 0 Å². The Labute approximate surface area is 149 Å². The first-order chi connectivity index (χ1) is 12.1. The van der Waals surface area contributed by atoms with Crippen molar-refractivity contribution >= 4 is 10.9 Å². The van der Waals surface area contributed by atoms with Crippen molar-refractivity contribution in [3.63, 3.8) is 0 Å². The number of pyridine rings is 1. The van der Waals surface area contributed by atoms with Crippen LogP contribution in [0.15, 0.2) is 42.7 Å². The van der Waals surface area contributed by atoms with Crippen LogP contribution in [-0.4, -0.2) is 28.0 Å². The van der Waals surface area contributed by atoms with Gasteiger partial charge in [-0.2, -0.15) is 0 Å². The molecule has 0 saturated heterocycles. The molecule has 3 unspecified atom stereocenters. The summed E-state index contributed by atoms with van der Waals surface area (Å²) in [5.74, 6) is 1.27. The lowest BCUT2D eigenvalue weighted by atomic mass is 9.79. The third-order valence-corrected chi connectivity index (χ3v) is 6.17. The molecule has 5 rings (SSSR count). The Morgan fingerprint density at radius 2 is 1.92 bits per heavy atom. The minimum atomic E-state index is 0.414. The number of aromatic nitrogens is 2. The molecule has 2 aromatic heterocycles. The summed E-state index contributed by atoms with van der Waals surface area (Å²) in [5, 5.41) is 1.46. The Hall–Kier alpha value is -2.13. The molecule has 25 heavy (non-hydrogen) atoms. The van der Waals surface area contributed by atoms with E-state index in [0.717, 1.165) is 6.54 Å². The highest BCUT2D eigenvalue weighted by atomic mass is 15.1. The third-order valence-electron chi connectivity index (χ3n) is 6.17. The van der Waals surface area contributed by atoms with Gasteiger partial charge in [0, 0.05) is 48.0 Å². The minimum Gasteiger partial charge on any atom is -0.336 e. The fourth-order valence-corrected chi connectivity index (χ4v) is 5.28. The van der Waals surface area contributed by atoms with Gasteiger partial charge in [0.05, 0.1) is 6.04 Å². The fraction of sp³-hybridized carbons (Fsp3) is 0.409. The van der Waals surface area contributed by atoms with Gasteiger partial charge in [-0.3, -0.25) is 4.98 Å². The molecule has 1 aromatic carbocycles. The molecule has 3 nitrogen and oxygen atoms in total. The molecular formula is C22H25N3. The van der Waals surface area contributed by atoms with Crippen LogP contribution in [0.1, 0.15) is 47.7 Å². The first-order valence-corrected chi connectivity index (χ1v) is 9.35. The van der Waals surface area contributed by atoms with Crippen molar-refractivity contribution in [1.82, 2.24) is 14.5 Å². The van der Waals surface area contributed by atoms with E-state index in [2.05, 4.69) is 65.7 Å². The van der Waals surface area contributed by atoms with Crippen LogP contribution in [0.2, 0.25) is 0 Å². The van der Waals surface area contributed by atoms with Gasteiger partial charge in [0.25, 0.3) is 0 Å². The fourth-order valence-electron chi connectivity index (χ4n) is 5.28. The van der Waals surface area contributed by atoms with Crippen molar-refractivity contribution in [2.45, 2.75) is 38.8 Å². The number of benzene rings is 1. The number of fused-ring (bicyclic) bond motifs is 3. The van der Waals surface area contributed by atoms with Crippen LogP contribution in [0.25, 0.3) is 10.9 Å². The molecule has 0 bridgehead atoms. The summed E-state index contributed by atoms with van der Waals surface area (Å²) >= 11 is 0. The molecule has 0 spiro atoms. The molecule has 2 aliphatic rings. The van der Waals surface area contributed by atoms with E-state index in [1.807, 2.05) is 12.4 Å². The Bertz CT molecular complexity index is 941. The SMILES string of the molecule is Cc1ccc2c(c1)c1c3n2C(c2ccncc2)C(C)CC3CN(C)C1. The van der Waals surface area contributed by atoms with Gasteiger partial charge >= 0.3 is 0 Å². The van der Waals surface area contributed by atoms with Crippen LogP contribution in [0.5, 0.6) is 0 Å². The Balaban J connectivity index is 1.84. The number of hydrogen-bond acceptors (Lipinski definition) is 2. The predicted octanol–water partition coefficient (Wildman–Crippen LogP) is 4.50. The van der Waals surface area contributed by atoms with Gasteiger partial charge in [0.1, 0.15) is 0 Å². The largest absolute Gasteiger partial charge is 0.336 e. The van der Waals surface area contributed by atoms with E-state index in [1.54, 1.807) is 11.3 Å². The first-order valence-electron chi connectivity index (χ1n) is 9.35. The zero-order chi connectivity index (χ0) is 17.1. The molecule has 3 atom stereocenters. The summed E-state index contributed by atoms with van der Waals surface area (Å²) in [5.41, 5.74) is 7.30. The Morgan fingerprint density at radius 1 is 1.12 bits per heavy atom. The molecule has 0 aliphatic carbocycles. The lowest BCUT2D eigenvalue weighted by Crippen LogP contribution is -2.37. The molecule has 0 fully saturated rings. The summed E-state index contributed by atoms with van der Waals surface area (Å²) in [6, 6.07) is 11.8. The summed E-state index contributed by atoms with van der Waals surface area (Å²) in [6.07, 6.45) is 5.13. The van der Waals surface area contributed by atoms with Crippen molar-refractivity contribution in [2.75, 3.05) is 13.6 Å². The van der Waals surface area contributed by atoms with Gasteiger partial charge in [-0.15, -0.1) is 0 Å². The second kappa shape index (κ2) is 5.43. The predicted molar refractivity (Wildman–Crippen MR) is 102 cm³/mol. The van der Waals surface area contributed by atoms with Crippen LogP contribution in [0.4, 0.5) is 0 Å². The molecule has 128 valence electrons. The van der Waals surface area contributed by atoms with Crippen molar-refractivity contribution < 1.29 is 0 Å². The first kappa shape index (κ1) is 15.2. The van der Waals surface area contributed by atoms with E-state index in [0.29, 0.717) is 17.9 Å². The van der Waals surface area contributed by atoms with Gasteiger partial charge in [-0.1, -0.05) is 18.6 Å². The van der Waals surface area contributed by atoms with E-state index >= 15 is 0 Å². The van der Waals surface area contributed by atoms with Crippen LogP contribution in [0, 0.1) is 12.8 Å². The number of likely N-dealkylation sites (N-methyl/N-ethyl adjacent to an activating group) is 1. The van der Waals surface area contributed by atoms with Crippen LogP contribution in [-0.2, 0) is 6.54 Å². The van der Waals surface area contributed by atoms with E-state index in [-0.39, 0.29) is 0 Å². The number of hydrogen-bond donors (Lipinski definition) is 0. The molecule has 2 aliphatic heterocycles. The van der Waals surface area contributed by atoms with E-state index in [9.17, 15) is 0 Å². The molecule has 3 heteroatoms. The van der Waals surface area contributed by atoms with E-state index in [4.69, 9.17) is 0 Å². The second-order valence-corrected chi connectivity index (χ2v) is 8.09.